The Bertz CT molecular complexity index is 394. The van der Waals surface area contributed by atoms with E-state index < -0.39 is 0 Å². The number of ether oxygens (including phenoxy) is 2. The van der Waals surface area contributed by atoms with Crippen LogP contribution in [-0.4, -0.2) is 45.8 Å². The Morgan fingerprint density at radius 1 is 1.22 bits per heavy atom. The van der Waals surface area contributed by atoms with Crippen LogP contribution < -0.4 is 20.5 Å². The predicted molar refractivity (Wildman–Crippen MR) is 75.6 cm³/mol. The van der Waals surface area contributed by atoms with Gasteiger partial charge in [-0.25, -0.2) is 0 Å². The molecule has 1 aromatic carbocycles. The lowest BCUT2D eigenvalue weighted by atomic mass is 10.2. The minimum Gasteiger partial charge on any atom is -0.493 e. The van der Waals surface area contributed by atoms with Crippen LogP contribution in [0.4, 0.5) is 11.4 Å². The van der Waals surface area contributed by atoms with E-state index in [2.05, 4.69) is 17.1 Å². The first-order chi connectivity index (χ1) is 8.47. The number of methoxy groups -OCH3 is 2. The molecule has 5 heteroatoms. The van der Waals surface area contributed by atoms with E-state index in [9.17, 15) is 0 Å². The van der Waals surface area contributed by atoms with Crippen LogP contribution in [0.15, 0.2) is 12.1 Å². The summed E-state index contributed by atoms with van der Waals surface area (Å²) in [7, 11) is 7.28. The molecule has 0 aliphatic heterocycles. The molecule has 18 heavy (non-hydrogen) atoms. The van der Waals surface area contributed by atoms with Gasteiger partial charge in [0, 0.05) is 24.7 Å². The van der Waals surface area contributed by atoms with Crippen LogP contribution in [0.3, 0.4) is 0 Å². The number of nitrogens with zero attached hydrogens (tertiary/aromatic N) is 1. The number of likely N-dealkylation sites (N-methyl/N-ethyl adjacent to an activating group) is 1. The fourth-order valence-electron chi connectivity index (χ4n) is 1.88. The highest BCUT2D eigenvalue weighted by Gasteiger charge is 2.11. The normalized spacial score (nSPS) is 12.3. The Kier molecular flexibility index (Phi) is 5.09. The molecule has 3 N–H and O–H groups in total. The van der Waals surface area contributed by atoms with Crippen molar-refractivity contribution in [3.63, 3.8) is 0 Å². The molecule has 0 saturated heterocycles. The molecule has 0 bridgehead atoms. The highest BCUT2D eigenvalue weighted by molar-refractivity contribution is 5.72. The van der Waals surface area contributed by atoms with E-state index in [0.717, 1.165) is 12.2 Å². The lowest BCUT2D eigenvalue weighted by Gasteiger charge is -2.21. The third-order valence-corrected chi connectivity index (χ3v) is 2.60. The average molecular weight is 253 g/mol. The number of benzene rings is 1. The molecule has 102 valence electrons. The molecule has 1 atom stereocenters. The number of nitrogens with two attached hydrogens (primary N) is 1. The van der Waals surface area contributed by atoms with Gasteiger partial charge in [-0.05, 0) is 21.0 Å². The van der Waals surface area contributed by atoms with E-state index in [1.54, 1.807) is 20.3 Å². The van der Waals surface area contributed by atoms with Gasteiger partial charge >= 0.3 is 0 Å². The molecule has 0 spiro atoms. The fraction of sp³-hybridized carbons (Fsp3) is 0.538. The van der Waals surface area contributed by atoms with Gasteiger partial charge in [0.05, 0.1) is 25.6 Å². The summed E-state index contributed by atoms with van der Waals surface area (Å²) in [5, 5.41) is 3.37. The van der Waals surface area contributed by atoms with Crippen LogP contribution in [0.2, 0.25) is 0 Å². The molecule has 0 saturated carbocycles. The van der Waals surface area contributed by atoms with Gasteiger partial charge in [-0.2, -0.15) is 0 Å². The maximum atomic E-state index is 5.99. The van der Waals surface area contributed by atoms with Crippen LogP contribution in [-0.2, 0) is 0 Å². The lowest BCUT2D eigenvalue weighted by molar-refractivity contribution is 0.355. The van der Waals surface area contributed by atoms with E-state index in [1.807, 2.05) is 20.2 Å². The van der Waals surface area contributed by atoms with Crippen molar-refractivity contribution in [3.8, 4) is 11.5 Å². The molecule has 0 aromatic heterocycles. The molecule has 5 nitrogen and oxygen atoms in total. The van der Waals surface area contributed by atoms with Crippen LogP contribution in [0.1, 0.15) is 6.92 Å². The Labute approximate surface area is 109 Å². The zero-order valence-electron chi connectivity index (χ0n) is 11.8. The second-order valence-corrected chi connectivity index (χ2v) is 4.60. The Balaban J connectivity index is 2.89. The van der Waals surface area contributed by atoms with Gasteiger partial charge < -0.3 is 25.4 Å². The number of nitrogen functional groups attached to an aromatic ring is 1. The summed E-state index contributed by atoms with van der Waals surface area (Å²) >= 11 is 0. The summed E-state index contributed by atoms with van der Waals surface area (Å²) in [5.41, 5.74) is 7.50. The fourth-order valence-corrected chi connectivity index (χ4v) is 1.88. The minimum atomic E-state index is 0.292. The Morgan fingerprint density at radius 3 is 2.28 bits per heavy atom. The maximum Gasteiger partial charge on any atom is 0.162 e. The second kappa shape index (κ2) is 6.35. The summed E-state index contributed by atoms with van der Waals surface area (Å²) in [6.07, 6.45) is 0. The molecule has 0 amide bonds. The number of anilines is 2. The zero-order valence-corrected chi connectivity index (χ0v) is 11.8. The SMILES string of the molecule is COc1cc(N)c(NC(C)CN(C)C)cc1OC. The first-order valence-electron chi connectivity index (χ1n) is 5.90. The largest absolute Gasteiger partial charge is 0.493 e. The number of nitrogens with one attached hydrogen (secondary N) is 1. The highest BCUT2D eigenvalue weighted by Crippen LogP contribution is 2.35. The molecule has 0 aliphatic carbocycles. The third-order valence-electron chi connectivity index (χ3n) is 2.60. The molecule has 0 aliphatic rings. The van der Waals surface area contributed by atoms with E-state index in [-0.39, 0.29) is 0 Å². The van der Waals surface area contributed by atoms with E-state index in [1.165, 1.54) is 0 Å². The third kappa shape index (κ3) is 3.70. The zero-order chi connectivity index (χ0) is 13.7. The van der Waals surface area contributed by atoms with Crippen LogP contribution in [0.25, 0.3) is 0 Å². The molecule has 1 unspecified atom stereocenters. The van der Waals surface area contributed by atoms with Crippen LogP contribution in [0.5, 0.6) is 11.5 Å². The van der Waals surface area contributed by atoms with E-state index in [4.69, 9.17) is 15.2 Å². The van der Waals surface area contributed by atoms with Crippen molar-refractivity contribution in [2.75, 3.05) is 45.9 Å². The van der Waals surface area contributed by atoms with Gasteiger partial charge in [-0.15, -0.1) is 0 Å². The van der Waals surface area contributed by atoms with Crippen molar-refractivity contribution in [3.05, 3.63) is 12.1 Å². The number of hydrogen-bond acceptors (Lipinski definition) is 5. The quantitative estimate of drug-likeness (QED) is 0.755. The first-order valence-corrected chi connectivity index (χ1v) is 5.90. The summed E-state index contributed by atoms with van der Waals surface area (Å²) in [6, 6.07) is 3.92. The summed E-state index contributed by atoms with van der Waals surface area (Å²) in [6.45, 7) is 3.03. The Hall–Kier alpha value is -1.62. The van der Waals surface area contributed by atoms with Gasteiger partial charge in [0.1, 0.15) is 0 Å². The standard InChI is InChI=1S/C13H23N3O2/c1-9(8-16(2)3)15-11-7-13(18-5)12(17-4)6-10(11)14/h6-7,9,15H,8,14H2,1-5H3. The van der Waals surface area contributed by atoms with Gasteiger partial charge in [0.25, 0.3) is 0 Å². The molecule has 0 fully saturated rings. The second-order valence-electron chi connectivity index (χ2n) is 4.60. The van der Waals surface area contributed by atoms with Crippen molar-refractivity contribution < 1.29 is 9.47 Å². The molecular formula is C13H23N3O2. The predicted octanol–water partition coefficient (Wildman–Crippen LogP) is 1.65. The average Bonchev–Trinajstić information content (AvgIpc) is 2.30. The number of hydrogen-bond donors (Lipinski definition) is 2. The Morgan fingerprint density at radius 2 is 1.78 bits per heavy atom. The first kappa shape index (κ1) is 14.4. The molecule has 0 radical (unpaired) electrons. The van der Waals surface area contributed by atoms with Crippen molar-refractivity contribution in [1.82, 2.24) is 4.90 Å². The summed E-state index contributed by atoms with van der Waals surface area (Å²) < 4.78 is 10.5. The van der Waals surface area contributed by atoms with Gasteiger partial charge in [-0.1, -0.05) is 0 Å². The molecular weight excluding hydrogens is 230 g/mol. The van der Waals surface area contributed by atoms with Gasteiger partial charge in [0.15, 0.2) is 11.5 Å². The van der Waals surface area contributed by atoms with Crippen LogP contribution in [0, 0.1) is 0 Å². The minimum absolute atomic E-state index is 0.292. The maximum absolute atomic E-state index is 5.99. The van der Waals surface area contributed by atoms with Gasteiger partial charge in [0.2, 0.25) is 0 Å². The molecule has 1 rings (SSSR count). The van der Waals surface area contributed by atoms with Crippen molar-refractivity contribution in [2.24, 2.45) is 0 Å². The van der Waals surface area contributed by atoms with Crippen LogP contribution >= 0.6 is 0 Å². The van der Waals surface area contributed by atoms with E-state index >= 15 is 0 Å². The van der Waals surface area contributed by atoms with Crippen molar-refractivity contribution in [2.45, 2.75) is 13.0 Å². The highest BCUT2D eigenvalue weighted by atomic mass is 16.5. The van der Waals surface area contributed by atoms with Crippen molar-refractivity contribution >= 4 is 11.4 Å². The summed E-state index contributed by atoms with van der Waals surface area (Å²) in [4.78, 5) is 2.12. The summed E-state index contributed by atoms with van der Waals surface area (Å²) in [5.74, 6) is 1.31. The lowest BCUT2D eigenvalue weighted by Crippen LogP contribution is -2.29. The van der Waals surface area contributed by atoms with Gasteiger partial charge in [-0.3, -0.25) is 0 Å². The number of rotatable bonds is 6. The topological polar surface area (TPSA) is 59.8 Å². The monoisotopic (exact) mass is 253 g/mol. The molecule has 1 aromatic rings. The van der Waals surface area contributed by atoms with Crippen molar-refractivity contribution in [1.29, 1.82) is 0 Å². The van der Waals surface area contributed by atoms with E-state index in [0.29, 0.717) is 23.2 Å². The molecule has 0 heterocycles. The smallest absolute Gasteiger partial charge is 0.162 e.